The topological polar surface area (TPSA) is 29.3 Å². The largest absolute Gasteiger partial charge is 0.371 e. The summed E-state index contributed by atoms with van der Waals surface area (Å²) in [6, 6.07) is 6.67. The Morgan fingerprint density at radius 3 is 2.40 bits per heavy atom. The smallest absolute Gasteiger partial charge is 0.0510 e. The van der Waals surface area contributed by atoms with Crippen LogP contribution in [-0.4, -0.2) is 19.6 Å². The zero-order chi connectivity index (χ0) is 14.8. The molecule has 0 aliphatic carbocycles. The van der Waals surface area contributed by atoms with Gasteiger partial charge in [0.25, 0.3) is 0 Å². The van der Waals surface area contributed by atoms with Gasteiger partial charge in [-0.2, -0.15) is 0 Å². The molecule has 0 amide bonds. The van der Waals surface area contributed by atoms with Crippen LogP contribution >= 0.6 is 15.9 Å². The molecule has 2 rings (SSSR count). The number of piperidine rings is 1. The first-order chi connectivity index (χ1) is 9.41. The summed E-state index contributed by atoms with van der Waals surface area (Å²) in [7, 11) is 0. The Balaban J connectivity index is 2.03. The van der Waals surface area contributed by atoms with Gasteiger partial charge < -0.3 is 10.6 Å². The predicted octanol–water partition coefficient (Wildman–Crippen LogP) is 4.21. The Morgan fingerprint density at radius 1 is 1.25 bits per heavy atom. The van der Waals surface area contributed by atoms with Crippen LogP contribution in [-0.2, 0) is 6.42 Å². The van der Waals surface area contributed by atoms with Crippen molar-refractivity contribution in [2.45, 2.75) is 40.0 Å². The lowest BCUT2D eigenvalue weighted by Crippen LogP contribution is -2.38. The van der Waals surface area contributed by atoms with Crippen molar-refractivity contribution < 1.29 is 0 Å². The lowest BCUT2D eigenvalue weighted by atomic mass is 9.75. The van der Waals surface area contributed by atoms with Crippen LogP contribution in [0.1, 0.15) is 39.2 Å². The molecule has 0 aromatic heterocycles. The molecule has 0 unspecified atom stereocenters. The Hall–Kier alpha value is -0.540. The molecular weight excluding hydrogens is 312 g/mol. The van der Waals surface area contributed by atoms with Crippen LogP contribution in [0.25, 0.3) is 0 Å². The van der Waals surface area contributed by atoms with Gasteiger partial charge in [-0.15, -0.1) is 0 Å². The van der Waals surface area contributed by atoms with E-state index in [-0.39, 0.29) is 0 Å². The monoisotopic (exact) mass is 338 g/mol. The third-order valence-electron chi connectivity index (χ3n) is 4.51. The minimum absolute atomic E-state index is 0.439. The van der Waals surface area contributed by atoms with Gasteiger partial charge in [0.1, 0.15) is 0 Å². The van der Waals surface area contributed by atoms with Crippen LogP contribution in [0.5, 0.6) is 0 Å². The van der Waals surface area contributed by atoms with Crippen LogP contribution in [0.3, 0.4) is 0 Å². The van der Waals surface area contributed by atoms with Crippen molar-refractivity contribution in [2.24, 2.45) is 17.1 Å². The van der Waals surface area contributed by atoms with E-state index in [1.807, 2.05) is 0 Å². The molecule has 0 atom stereocenters. The molecule has 2 N–H and O–H groups in total. The molecule has 0 saturated carbocycles. The second kappa shape index (κ2) is 6.48. The van der Waals surface area contributed by atoms with Crippen molar-refractivity contribution in [3.63, 3.8) is 0 Å². The van der Waals surface area contributed by atoms with Crippen LogP contribution < -0.4 is 10.6 Å². The molecule has 0 radical (unpaired) electrons. The number of hydrogen-bond acceptors (Lipinski definition) is 2. The molecule has 0 bridgehead atoms. The Morgan fingerprint density at radius 2 is 1.90 bits per heavy atom. The molecule has 3 heteroatoms. The van der Waals surface area contributed by atoms with E-state index in [1.165, 1.54) is 28.6 Å². The van der Waals surface area contributed by atoms with Crippen molar-refractivity contribution in [2.75, 3.05) is 24.5 Å². The number of anilines is 1. The minimum atomic E-state index is 0.439. The van der Waals surface area contributed by atoms with Crippen molar-refractivity contribution in [3.8, 4) is 0 Å². The quantitative estimate of drug-likeness (QED) is 0.894. The summed E-state index contributed by atoms with van der Waals surface area (Å²) < 4.78 is 1.21. The lowest BCUT2D eigenvalue weighted by Gasteiger charge is -2.40. The summed E-state index contributed by atoms with van der Waals surface area (Å²) in [6.07, 6.45) is 3.53. The highest BCUT2D eigenvalue weighted by Gasteiger charge is 2.29. The van der Waals surface area contributed by atoms with Crippen LogP contribution in [0.2, 0.25) is 0 Å². The molecular formula is C17H27BrN2. The Bertz CT molecular complexity index is 443. The summed E-state index contributed by atoms with van der Waals surface area (Å²) in [6.45, 7) is 10.1. The second-order valence-electron chi connectivity index (χ2n) is 6.95. The van der Waals surface area contributed by atoms with Gasteiger partial charge in [0.15, 0.2) is 0 Å². The molecule has 1 aromatic rings. The van der Waals surface area contributed by atoms with Gasteiger partial charge in [0.2, 0.25) is 0 Å². The number of benzene rings is 1. The average molecular weight is 339 g/mol. The molecule has 0 spiro atoms. The molecule has 1 heterocycles. The van der Waals surface area contributed by atoms with E-state index in [2.05, 4.69) is 59.8 Å². The van der Waals surface area contributed by atoms with E-state index >= 15 is 0 Å². The standard InChI is InChI=1S/C17H27BrN2/c1-17(2,3)14-7-10-20(11-8-14)16-5-4-13(6-9-19)12-15(16)18/h4-5,12,14H,6-11,19H2,1-3H3. The first-order valence-electron chi connectivity index (χ1n) is 7.65. The van der Waals surface area contributed by atoms with E-state index in [9.17, 15) is 0 Å². The maximum atomic E-state index is 5.62. The number of nitrogens with two attached hydrogens (primary N) is 1. The Labute approximate surface area is 131 Å². The van der Waals surface area contributed by atoms with E-state index < -0.39 is 0 Å². The van der Waals surface area contributed by atoms with Crippen LogP contribution in [0.15, 0.2) is 22.7 Å². The normalized spacial score (nSPS) is 17.6. The fourth-order valence-electron chi connectivity index (χ4n) is 3.12. The summed E-state index contributed by atoms with van der Waals surface area (Å²) in [5.41, 5.74) is 8.70. The van der Waals surface area contributed by atoms with Crippen molar-refractivity contribution >= 4 is 21.6 Å². The van der Waals surface area contributed by atoms with E-state index in [0.29, 0.717) is 12.0 Å². The highest BCUT2D eigenvalue weighted by atomic mass is 79.9. The zero-order valence-electron chi connectivity index (χ0n) is 13.0. The molecule has 20 heavy (non-hydrogen) atoms. The number of halogens is 1. The molecule has 1 aliphatic heterocycles. The summed E-state index contributed by atoms with van der Waals surface area (Å²) in [4.78, 5) is 2.51. The maximum Gasteiger partial charge on any atom is 0.0510 e. The second-order valence-corrected chi connectivity index (χ2v) is 7.81. The van der Waals surface area contributed by atoms with E-state index in [1.54, 1.807) is 0 Å². The molecule has 2 nitrogen and oxygen atoms in total. The zero-order valence-corrected chi connectivity index (χ0v) is 14.5. The third kappa shape index (κ3) is 3.76. The minimum Gasteiger partial charge on any atom is -0.371 e. The fraction of sp³-hybridized carbons (Fsp3) is 0.647. The summed E-state index contributed by atoms with van der Waals surface area (Å²) >= 11 is 3.72. The number of nitrogens with zero attached hydrogens (tertiary/aromatic N) is 1. The van der Waals surface area contributed by atoms with E-state index in [4.69, 9.17) is 5.73 Å². The molecule has 1 saturated heterocycles. The first-order valence-corrected chi connectivity index (χ1v) is 8.44. The van der Waals surface area contributed by atoms with Crippen LogP contribution in [0.4, 0.5) is 5.69 Å². The highest BCUT2D eigenvalue weighted by molar-refractivity contribution is 9.10. The lowest BCUT2D eigenvalue weighted by molar-refractivity contribution is 0.199. The molecule has 1 aliphatic rings. The first kappa shape index (κ1) is 15.8. The van der Waals surface area contributed by atoms with Gasteiger partial charge in [-0.05, 0) is 70.8 Å². The maximum absolute atomic E-state index is 5.62. The van der Waals surface area contributed by atoms with Gasteiger partial charge in [0, 0.05) is 17.6 Å². The average Bonchev–Trinajstić information content (AvgIpc) is 2.38. The third-order valence-corrected chi connectivity index (χ3v) is 5.14. The van der Waals surface area contributed by atoms with Crippen molar-refractivity contribution in [3.05, 3.63) is 28.2 Å². The predicted molar refractivity (Wildman–Crippen MR) is 91.3 cm³/mol. The highest BCUT2D eigenvalue weighted by Crippen LogP contribution is 2.37. The molecule has 1 aromatic carbocycles. The van der Waals surface area contributed by atoms with Gasteiger partial charge in [0.05, 0.1) is 5.69 Å². The van der Waals surface area contributed by atoms with E-state index in [0.717, 1.165) is 25.4 Å². The summed E-state index contributed by atoms with van der Waals surface area (Å²) in [5.74, 6) is 0.842. The summed E-state index contributed by atoms with van der Waals surface area (Å²) in [5, 5.41) is 0. The molecule has 1 fully saturated rings. The Kier molecular flexibility index (Phi) is 5.14. The van der Waals surface area contributed by atoms with Gasteiger partial charge >= 0.3 is 0 Å². The van der Waals surface area contributed by atoms with Crippen molar-refractivity contribution in [1.82, 2.24) is 0 Å². The number of rotatable bonds is 3. The SMILES string of the molecule is CC(C)(C)C1CCN(c2ccc(CCN)cc2Br)CC1. The van der Waals surface area contributed by atoms with Crippen LogP contribution in [0, 0.1) is 11.3 Å². The van der Waals surface area contributed by atoms with Gasteiger partial charge in [-0.1, -0.05) is 26.8 Å². The molecule has 112 valence electrons. The van der Waals surface area contributed by atoms with Gasteiger partial charge in [-0.3, -0.25) is 0 Å². The fourth-order valence-corrected chi connectivity index (χ4v) is 3.79. The van der Waals surface area contributed by atoms with Gasteiger partial charge in [-0.25, -0.2) is 0 Å². The number of hydrogen-bond donors (Lipinski definition) is 1. The van der Waals surface area contributed by atoms with Crippen molar-refractivity contribution in [1.29, 1.82) is 0 Å².